The highest BCUT2D eigenvalue weighted by atomic mass is 16.6. The second-order valence-electron chi connectivity index (χ2n) is 8.51. The van der Waals surface area contributed by atoms with Crippen LogP contribution in [0.25, 0.3) is 0 Å². The van der Waals surface area contributed by atoms with Gasteiger partial charge in [-0.05, 0) is 45.0 Å². The van der Waals surface area contributed by atoms with E-state index in [-0.39, 0.29) is 30.7 Å². The Kier molecular flexibility index (Phi) is 5.52. The molecule has 1 N–H and O–H groups in total. The van der Waals surface area contributed by atoms with Gasteiger partial charge in [0.25, 0.3) is 11.8 Å². The Balaban J connectivity index is 1.67. The summed E-state index contributed by atoms with van der Waals surface area (Å²) in [6.07, 6.45) is -0.475. The van der Waals surface area contributed by atoms with Crippen LogP contribution in [0.15, 0.2) is 60.7 Å². The molecule has 2 heterocycles. The van der Waals surface area contributed by atoms with Crippen molar-refractivity contribution in [1.82, 2.24) is 14.7 Å². The van der Waals surface area contributed by atoms with E-state index in [1.807, 2.05) is 12.1 Å². The van der Waals surface area contributed by atoms with E-state index >= 15 is 0 Å². The van der Waals surface area contributed by atoms with Crippen molar-refractivity contribution in [3.63, 3.8) is 0 Å². The number of aromatic nitrogens is 2. The van der Waals surface area contributed by atoms with E-state index in [0.717, 1.165) is 0 Å². The predicted molar refractivity (Wildman–Crippen MR) is 118 cm³/mol. The summed E-state index contributed by atoms with van der Waals surface area (Å²) in [4.78, 5) is 40.0. The molecule has 0 bridgehead atoms. The van der Waals surface area contributed by atoms with Crippen LogP contribution in [0.4, 0.5) is 10.6 Å². The molecule has 1 aliphatic heterocycles. The first-order chi connectivity index (χ1) is 15.2. The van der Waals surface area contributed by atoms with E-state index in [0.29, 0.717) is 22.4 Å². The van der Waals surface area contributed by atoms with Gasteiger partial charge in [-0.25, -0.2) is 4.79 Å². The number of hydrogen-bond donors (Lipinski definition) is 1. The van der Waals surface area contributed by atoms with E-state index in [1.165, 1.54) is 9.58 Å². The van der Waals surface area contributed by atoms with Crippen LogP contribution >= 0.6 is 0 Å². The zero-order chi connectivity index (χ0) is 22.9. The standard InChI is InChI=1S/C24H24N4O4/c1-24(2,3)32-23(31)27-14-18-19(15-27)26-28(22(30)17-12-8-5-9-13-17)20(18)25-21(29)16-10-6-4-7-11-16/h4-13H,14-15H2,1-3H3,(H,25,29). The second-order valence-corrected chi connectivity index (χ2v) is 8.51. The van der Waals surface area contributed by atoms with Gasteiger partial charge in [0.2, 0.25) is 0 Å². The summed E-state index contributed by atoms with van der Waals surface area (Å²) in [7, 11) is 0. The lowest BCUT2D eigenvalue weighted by molar-refractivity contribution is 0.0239. The summed E-state index contributed by atoms with van der Waals surface area (Å²) in [5, 5.41) is 7.27. The lowest BCUT2D eigenvalue weighted by Crippen LogP contribution is -2.34. The summed E-state index contributed by atoms with van der Waals surface area (Å²) in [6, 6.07) is 17.4. The van der Waals surface area contributed by atoms with Crippen LogP contribution in [0.1, 0.15) is 52.7 Å². The van der Waals surface area contributed by atoms with E-state index < -0.39 is 11.7 Å². The van der Waals surface area contributed by atoms with Gasteiger partial charge in [0, 0.05) is 16.7 Å². The smallest absolute Gasteiger partial charge is 0.410 e. The molecule has 0 radical (unpaired) electrons. The summed E-state index contributed by atoms with van der Waals surface area (Å²) in [6.45, 7) is 5.75. The molecule has 0 saturated carbocycles. The van der Waals surface area contributed by atoms with Crippen molar-refractivity contribution in [2.24, 2.45) is 0 Å². The Hall–Kier alpha value is -3.94. The lowest BCUT2D eigenvalue weighted by Gasteiger charge is -2.24. The highest BCUT2D eigenvalue weighted by Crippen LogP contribution is 2.31. The maximum absolute atomic E-state index is 13.1. The van der Waals surface area contributed by atoms with Gasteiger partial charge in [0.15, 0.2) is 0 Å². The third-order valence-electron chi connectivity index (χ3n) is 4.89. The summed E-state index contributed by atoms with van der Waals surface area (Å²) in [5.74, 6) is -0.480. The quantitative estimate of drug-likeness (QED) is 0.673. The molecule has 32 heavy (non-hydrogen) atoms. The average Bonchev–Trinajstić information content (AvgIpc) is 3.33. The van der Waals surface area contributed by atoms with Gasteiger partial charge >= 0.3 is 6.09 Å². The van der Waals surface area contributed by atoms with Crippen molar-refractivity contribution in [1.29, 1.82) is 0 Å². The number of carbonyl (C=O) groups excluding carboxylic acids is 3. The Bertz CT molecular complexity index is 1160. The van der Waals surface area contributed by atoms with Gasteiger partial charge in [0.05, 0.1) is 18.8 Å². The first kappa shape index (κ1) is 21.3. The van der Waals surface area contributed by atoms with Gasteiger partial charge in [-0.2, -0.15) is 9.78 Å². The van der Waals surface area contributed by atoms with Gasteiger partial charge in [-0.1, -0.05) is 36.4 Å². The largest absolute Gasteiger partial charge is 0.444 e. The number of nitrogens with zero attached hydrogens (tertiary/aromatic N) is 3. The van der Waals surface area contributed by atoms with Crippen LogP contribution < -0.4 is 5.32 Å². The fourth-order valence-electron chi connectivity index (χ4n) is 3.42. The summed E-state index contributed by atoms with van der Waals surface area (Å²) >= 11 is 0. The van der Waals surface area contributed by atoms with E-state index in [1.54, 1.807) is 69.3 Å². The number of ether oxygens (including phenoxy) is 1. The van der Waals surface area contributed by atoms with Crippen molar-refractivity contribution < 1.29 is 19.1 Å². The average molecular weight is 432 g/mol. The zero-order valence-electron chi connectivity index (χ0n) is 18.2. The number of amides is 2. The Morgan fingerprint density at radius 1 is 0.906 bits per heavy atom. The molecule has 2 amide bonds. The van der Waals surface area contributed by atoms with Crippen LogP contribution in [0.5, 0.6) is 0 Å². The van der Waals surface area contributed by atoms with Crippen LogP contribution in [-0.4, -0.2) is 38.2 Å². The molecule has 0 saturated heterocycles. The minimum atomic E-state index is -0.634. The monoisotopic (exact) mass is 432 g/mol. The van der Waals surface area contributed by atoms with Crippen molar-refractivity contribution in [3.05, 3.63) is 83.0 Å². The number of carbonyl (C=O) groups is 3. The summed E-state index contributed by atoms with van der Waals surface area (Å²) < 4.78 is 6.66. The topological polar surface area (TPSA) is 93.5 Å². The predicted octanol–water partition coefficient (Wildman–Crippen LogP) is 4.07. The zero-order valence-corrected chi connectivity index (χ0v) is 18.2. The lowest BCUT2D eigenvalue weighted by atomic mass is 10.2. The molecule has 0 unspecified atom stereocenters. The molecule has 0 aliphatic carbocycles. The van der Waals surface area contributed by atoms with Crippen LogP contribution in [0.2, 0.25) is 0 Å². The van der Waals surface area contributed by atoms with E-state index in [9.17, 15) is 14.4 Å². The number of fused-ring (bicyclic) bond motifs is 1. The molecule has 1 aromatic heterocycles. The van der Waals surface area contributed by atoms with Crippen LogP contribution in [-0.2, 0) is 17.8 Å². The highest BCUT2D eigenvalue weighted by molar-refractivity contribution is 6.06. The van der Waals surface area contributed by atoms with Crippen LogP contribution in [0, 0.1) is 0 Å². The maximum Gasteiger partial charge on any atom is 0.410 e. The summed E-state index contributed by atoms with van der Waals surface area (Å²) in [5.41, 5.74) is 1.41. The molecule has 2 aromatic carbocycles. The molecular formula is C24H24N4O4. The third-order valence-corrected chi connectivity index (χ3v) is 4.89. The van der Waals surface area contributed by atoms with Crippen molar-refractivity contribution in [2.45, 2.75) is 39.5 Å². The number of anilines is 1. The molecule has 1 aliphatic rings. The molecular weight excluding hydrogens is 408 g/mol. The van der Waals surface area contributed by atoms with Gasteiger partial charge in [0.1, 0.15) is 11.4 Å². The normalized spacial score (nSPS) is 12.9. The number of hydrogen-bond acceptors (Lipinski definition) is 5. The Morgan fingerprint density at radius 3 is 2.09 bits per heavy atom. The molecule has 0 atom stereocenters. The Labute approximate surface area is 185 Å². The van der Waals surface area contributed by atoms with Crippen molar-refractivity contribution in [2.75, 3.05) is 5.32 Å². The number of benzene rings is 2. The first-order valence-corrected chi connectivity index (χ1v) is 10.3. The molecule has 164 valence electrons. The van der Waals surface area contributed by atoms with Crippen LogP contribution in [0.3, 0.4) is 0 Å². The molecule has 4 rings (SSSR count). The first-order valence-electron chi connectivity index (χ1n) is 10.3. The minimum Gasteiger partial charge on any atom is -0.444 e. The molecule has 3 aromatic rings. The number of nitrogens with one attached hydrogen (secondary N) is 1. The fraction of sp³-hybridized carbons (Fsp3) is 0.250. The van der Waals surface area contributed by atoms with Gasteiger partial charge < -0.3 is 10.1 Å². The third kappa shape index (κ3) is 4.39. The highest BCUT2D eigenvalue weighted by Gasteiger charge is 2.34. The van der Waals surface area contributed by atoms with E-state index in [4.69, 9.17) is 4.74 Å². The van der Waals surface area contributed by atoms with Gasteiger partial charge in [-0.3, -0.25) is 14.5 Å². The fourth-order valence-corrected chi connectivity index (χ4v) is 3.42. The molecule has 0 fully saturated rings. The van der Waals surface area contributed by atoms with Crippen molar-refractivity contribution in [3.8, 4) is 0 Å². The molecule has 8 heteroatoms. The van der Waals surface area contributed by atoms with E-state index in [2.05, 4.69) is 10.4 Å². The molecule has 8 nitrogen and oxygen atoms in total. The molecule has 0 spiro atoms. The minimum absolute atomic E-state index is 0.177. The van der Waals surface area contributed by atoms with Crippen molar-refractivity contribution >= 4 is 23.7 Å². The SMILES string of the molecule is CC(C)(C)OC(=O)N1Cc2nn(C(=O)c3ccccc3)c(NC(=O)c3ccccc3)c2C1. The number of rotatable bonds is 3. The van der Waals surface area contributed by atoms with Gasteiger partial charge in [-0.15, -0.1) is 0 Å². The second kappa shape index (κ2) is 8.30. The Morgan fingerprint density at radius 2 is 1.50 bits per heavy atom. The maximum atomic E-state index is 13.1.